The van der Waals surface area contributed by atoms with Crippen LogP contribution in [0, 0.1) is 21.4 Å². The minimum atomic E-state index is -0.463. The number of carbonyl (C=O) groups excluding carboxylic acids is 1. The van der Waals surface area contributed by atoms with E-state index in [9.17, 15) is 20.2 Å². The summed E-state index contributed by atoms with van der Waals surface area (Å²) in [7, 11) is 0. The first-order valence-corrected chi connectivity index (χ1v) is 9.88. The summed E-state index contributed by atoms with van der Waals surface area (Å²) >= 11 is 0. The van der Waals surface area contributed by atoms with E-state index in [0.717, 1.165) is 18.5 Å². The van der Waals surface area contributed by atoms with Crippen molar-refractivity contribution in [3.63, 3.8) is 0 Å². The zero-order chi connectivity index (χ0) is 21.8. The Balaban J connectivity index is 1.79. The highest BCUT2D eigenvalue weighted by atomic mass is 16.6. The highest BCUT2D eigenvalue weighted by Gasteiger charge is 2.22. The third-order valence-corrected chi connectivity index (χ3v) is 5.16. The van der Waals surface area contributed by atoms with Crippen molar-refractivity contribution in [1.29, 1.82) is 5.26 Å². The molecule has 0 saturated carbocycles. The average molecular weight is 413 g/mol. The number of amides is 1. The van der Waals surface area contributed by atoms with Crippen molar-refractivity contribution in [2.75, 3.05) is 13.1 Å². The Hall–Kier alpha value is -4.25. The second-order valence-corrected chi connectivity index (χ2v) is 7.19. The minimum Gasteiger partial charge on any atom is -0.338 e. The Bertz CT molecular complexity index is 1180. The van der Waals surface area contributed by atoms with E-state index < -0.39 is 4.92 Å². The molecule has 0 bridgehead atoms. The summed E-state index contributed by atoms with van der Waals surface area (Å²) in [5.74, 6) is -0.290. The fraction of sp³-hybridized carbons (Fsp3) is 0.174. The number of aromatic nitrogens is 2. The average Bonchev–Trinajstić information content (AvgIpc) is 3.48. The Morgan fingerprint density at radius 2 is 1.77 bits per heavy atom. The summed E-state index contributed by atoms with van der Waals surface area (Å²) in [6.07, 6.45) is 5.17. The quantitative estimate of drug-likeness (QED) is 0.272. The number of hydrogen-bond donors (Lipinski definition) is 0. The number of carbonyl (C=O) groups is 1. The molecule has 8 nitrogen and oxygen atoms in total. The van der Waals surface area contributed by atoms with Crippen molar-refractivity contribution < 1.29 is 9.72 Å². The first kappa shape index (κ1) is 20.0. The van der Waals surface area contributed by atoms with Gasteiger partial charge in [0.05, 0.1) is 10.6 Å². The number of nitro groups is 1. The topological polar surface area (TPSA) is 105 Å². The predicted molar refractivity (Wildman–Crippen MR) is 115 cm³/mol. The molecule has 1 aliphatic rings. The van der Waals surface area contributed by atoms with Gasteiger partial charge in [0, 0.05) is 42.5 Å². The first-order chi connectivity index (χ1) is 15.1. The molecule has 0 unspecified atom stereocenters. The van der Waals surface area contributed by atoms with Gasteiger partial charge in [-0.05, 0) is 43.2 Å². The van der Waals surface area contributed by atoms with E-state index in [1.54, 1.807) is 34.0 Å². The summed E-state index contributed by atoms with van der Waals surface area (Å²) in [5.41, 5.74) is 2.59. The lowest BCUT2D eigenvalue weighted by Gasteiger charge is -2.13. The number of likely N-dealkylation sites (tertiary alicyclic amines) is 1. The molecule has 3 aromatic rings. The third-order valence-electron chi connectivity index (χ3n) is 5.16. The number of para-hydroxylation sites is 1. The fourth-order valence-corrected chi connectivity index (χ4v) is 3.56. The number of hydrogen-bond acceptors (Lipinski definition) is 5. The van der Waals surface area contributed by atoms with Crippen molar-refractivity contribution in [2.45, 2.75) is 12.8 Å². The normalized spacial score (nSPS) is 13.8. The molecule has 0 radical (unpaired) electrons. The number of nitriles is 1. The molecule has 8 heteroatoms. The van der Waals surface area contributed by atoms with Gasteiger partial charge >= 0.3 is 0 Å². The van der Waals surface area contributed by atoms with Gasteiger partial charge < -0.3 is 4.90 Å². The lowest BCUT2D eigenvalue weighted by atomic mass is 10.1. The van der Waals surface area contributed by atoms with Gasteiger partial charge in [-0.25, -0.2) is 4.68 Å². The van der Waals surface area contributed by atoms with Crippen LogP contribution in [0.25, 0.3) is 23.0 Å². The molecule has 1 saturated heterocycles. The van der Waals surface area contributed by atoms with Crippen molar-refractivity contribution in [2.24, 2.45) is 0 Å². The van der Waals surface area contributed by atoms with Crippen LogP contribution in [0.4, 0.5) is 5.69 Å². The van der Waals surface area contributed by atoms with Crippen molar-refractivity contribution in [3.8, 4) is 23.0 Å². The van der Waals surface area contributed by atoms with Crippen LogP contribution in [0.5, 0.6) is 0 Å². The molecule has 0 N–H and O–H groups in total. The molecule has 1 fully saturated rings. The van der Waals surface area contributed by atoms with E-state index in [2.05, 4.69) is 5.10 Å². The highest BCUT2D eigenvalue weighted by Crippen LogP contribution is 2.28. The molecule has 0 aliphatic carbocycles. The molecule has 31 heavy (non-hydrogen) atoms. The van der Waals surface area contributed by atoms with Crippen LogP contribution < -0.4 is 0 Å². The lowest BCUT2D eigenvalue weighted by Crippen LogP contribution is -2.28. The highest BCUT2D eigenvalue weighted by molar-refractivity contribution is 6.02. The number of nitrogens with zero attached hydrogens (tertiary/aromatic N) is 5. The summed E-state index contributed by atoms with van der Waals surface area (Å²) in [6.45, 7) is 1.30. The molecule has 154 valence electrons. The van der Waals surface area contributed by atoms with Crippen LogP contribution in [0.2, 0.25) is 0 Å². The third kappa shape index (κ3) is 4.21. The SMILES string of the molecule is N#C/C(=C\c1cn(-c2ccccc2)nc1-c1ccc([N+](=O)[O-])cc1)C(=O)N1CCCC1. The van der Waals surface area contributed by atoms with Gasteiger partial charge in [0.1, 0.15) is 17.3 Å². The van der Waals surface area contributed by atoms with E-state index in [1.807, 2.05) is 36.4 Å². The van der Waals surface area contributed by atoms with Gasteiger partial charge in [-0.3, -0.25) is 14.9 Å². The summed E-state index contributed by atoms with van der Waals surface area (Å²) in [6, 6.07) is 17.5. The van der Waals surface area contributed by atoms with E-state index >= 15 is 0 Å². The van der Waals surface area contributed by atoms with Crippen molar-refractivity contribution in [1.82, 2.24) is 14.7 Å². The van der Waals surface area contributed by atoms with Gasteiger partial charge in [-0.2, -0.15) is 10.4 Å². The molecule has 1 aliphatic heterocycles. The minimum absolute atomic E-state index is 0.0229. The second kappa shape index (κ2) is 8.63. The number of rotatable bonds is 5. The smallest absolute Gasteiger partial charge is 0.269 e. The standard InChI is InChI=1S/C23H19N5O3/c24-15-18(23(29)26-12-4-5-13-26)14-19-16-27(20-6-2-1-3-7-20)25-22(19)17-8-10-21(11-9-17)28(30)31/h1-3,6-11,14,16H,4-5,12-13H2/b18-14+. The predicted octanol–water partition coefficient (Wildman–Crippen LogP) is 3.98. The van der Waals surface area contributed by atoms with E-state index in [1.165, 1.54) is 12.1 Å². The van der Waals surface area contributed by atoms with Crippen LogP contribution in [0.1, 0.15) is 18.4 Å². The van der Waals surface area contributed by atoms with Crippen molar-refractivity contribution >= 4 is 17.7 Å². The van der Waals surface area contributed by atoms with Gasteiger partial charge in [-0.15, -0.1) is 0 Å². The van der Waals surface area contributed by atoms with E-state index in [-0.39, 0.29) is 17.2 Å². The first-order valence-electron chi connectivity index (χ1n) is 9.88. The van der Waals surface area contributed by atoms with Crippen LogP contribution in [0.3, 0.4) is 0 Å². The van der Waals surface area contributed by atoms with Crippen molar-refractivity contribution in [3.05, 3.63) is 82.0 Å². The second-order valence-electron chi connectivity index (χ2n) is 7.19. The Morgan fingerprint density at radius 3 is 2.39 bits per heavy atom. The van der Waals surface area contributed by atoms with Crippen LogP contribution >= 0.6 is 0 Å². The molecule has 1 amide bonds. The van der Waals surface area contributed by atoms with Gasteiger partial charge in [0.15, 0.2) is 0 Å². The summed E-state index contributed by atoms with van der Waals surface area (Å²) in [4.78, 5) is 25.0. The fourth-order valence-electron chi connectivity index (χ4n) is 3.56. The molecule has 0 spiro atoms. The van der Waals surface area contributed by atoms with E-state index in [0.29, 0.717) is 29.9 Å². The van der Waals surface area contributed by atoms with Gasteiger partial charge in [0.2, 0.25) is 0 Å². The maximum atomic E-state index is 12.8. The summed E-state index contributed by atoms with van der Waals surface area (Å²) in [5, 5.41) is 25.3. The maximum absolute atomic E-state index is 12.8. The number of benzene rings is 2. The van der Waals surface area contributed by atoms with E-state index in [4.69, 9.17) is 0 Å². The molecule has 4 rings (SSSR count). The van der Waals surface area contributed by atoms with Gasteiger partial charge in [0.25, 0.3) is 11.6 Å². The summed E-state index contributed by atoms with van der Waals surface area (Å²) < 4.78 is 1.66. The molecule has 2 aromatic carbocycles. The molecule has 1 aromatic heterocycles. The monoisotopic (exact) mass is 413 g/mol. The Kier molecular flexibility index (Phi) is 5.58. The number of non-ortho nitro benzene ring substituents is 1. The van der Waals surface area contributed by atoms with Crippen LogP contribution in [-0.2, 0) is 4.79 Å². The zero-order valence-corrected chi connectivity index (χ0v) is 16.6. The van der Waals surface area contributed by atoms with Gasteiger partial charge in [-0.1, -0.05) is 18.2 Å². The largest absolute Gasteiger partial charge is 0.338 e. The maximum Gasteiger partial charge on any atom is 0.269 e. The Labute approximate surface area is 178 Å². The number of nitro benzene ring substituents is 1. The molecular formula is C23H19N5O3. The molecular weight excluding hydrogens is 394 g/mol. The Morgan fingerprint density at radius 1 is 1.10 bits per heavy atom. The molecule has 0 atom stereocenters. The van der Waals surface area contributed by atoms with Crippen LogP contribution in [-0.4, -0.2) is 38.6 Å². The molecule has 2 heterocycles. The lowest BCUT2D eigenvalue weighted by molar-refractivity contribution is -0.384. The van der Waals surface area contributed by atoms with Crippen LogP contribution in [0.15, 0.2) is 66.4 Å². The zero-order valence-electron chi connectivity index (χ0n) is 16.6.